The molecule has 0 saturated heterocycles. The summed E-state index contributed by atoms with van der Waals surface area (Å²) in [5.74, 6) is -2.50. The maximum absolute atomic E-state index is 14.3. The number of hydrogen-bond acceptors (Lipinski definition) is 3. The highest BCUT2D eigenvalue weighted by atomic mass is 32.1. The first-order valence-electron chi connectivity index (χ1n) is 7.90. The molecule has 0 radical (unpaired) electrons. The summed E-state index contributed by atoms with van der Waals surface area (Å²) in [6.07, 6.45) is 0. The predicted octanol–water partition coefficient (Wildman–Crippen LogP) is 3.90. The Kier molecular flexibility index (Phi) is 5.53. The van der Waals surface area contributed by atoms with Gasteiger partial charge in [-0.3, -0.25) is 4.79 Å². The van der Waals surface area contributed by atoms with Gasteiger partial charge in [0.05, 0.1) is 16.8 Å². The summed E-state index contributed by atoms with van der Waals surface area (Å²) in [4.78, 5) is 16.6. The Morgan fingerprint density at radius 2 is 1.88 bits per heavy atom. The van der Waals surface area contributed by atoms with Crippen LogP contribution in [0.1, 0.15) is 17.3 Å². The summed E-state index contributed by atoms with van der Waals surface area (Å²) in [6.45, 7) is 2.86. The van der Waals surface area contributed by atoms with Gasteiger partial charge in [0, 0.05) is 24.8 Å². The fraction of sp³-hybridized carbons (Fsp3) is 0.222. The smallest absolute Gasteiger partial charge is 0.279 e. The molecule has 0 N–H and O–H groups in total. The highest BCUT2D eigenvalue weighted by Crippen LogP contribution is 2.22. The van der Waals surface area contributed by atoms with Gasteiger partial charge < -0.3 is 9.30 Å². The van der Waals surface area contributed by atoms with Crippen molar-refractivity contribution < 1.29 is 22.7 Å². The highest BCUT2D eigenvalue weighted by Gasteiger charge is 2.14. The van der Waals surface area contributed by atoms with Crippen molar-refractivity contribution in [2.45, 2.75) is 13.5 Å². The lowest BCUT2D eigenvalue weighted by atomic mass is 10.2. The Balaban J connectivity index is 2.10. The topological polar surface area (TPSA) is 43.6 Å². The fourth-order valence-electron chi connectivity index (χ4n) is 2.47. The standard InChI is InChI=1S/C18H15F3N2O2S/c1-2-25-8-7-23-16-14(21)9-13(20)10-15(16)26-18(23)22-17(24)11-3-5-12(19)6-4-11/h3-6,9-10H,2,7-8H2,1H3. The third kappa shape index (κ3) is 3.86. The molecule has 0 unspecified atom stereocenters. The van der Waals surface area contributed by atoms with Gasteiger partial charge >= 0.3 is 0 Å². The number of aromatic nitrogens is 1. The number of rotatable bonds is 5. The molecule has 0 bridgehead atoms. The number of fused-ring (bicyclic) bond motifs is 1. The molecule has 4 nitrogen and oxygen atoms in total. The molecule has 0 aliphatic heterocycles. The van der Waals surface area contributed by atoms with Crippen LogP contribution < -0.4 is 4.80 Å². The van der Waals surface area contributed by atoms with Crippen molar-refractivity contribution in [3.63, 3.8) is 0 Å². The molecule has 0 atom stereocenters. The molecule has 1 aromatic heterocycles. The first-order chi connectivity index (χ1) is 12.5. The molecule has 0 aliphatic carbocycles. The van der Waals surface area contributed by atoms with Gasteiger partial charge in [0.15, 0.2) is 10.6 Å². The minimum absolute atomic E-state index is 0.168. The van der Waals surface area contributed by atoms with E-state index >= 15 is 0 Å². The monoisotopic (exact) mass is 380 g/mol. The molecule has 0 saturated carbocycles. The second-order valence-electron chi connectivity index (χ2n) is 5.39. The second-order valence-corrected chi connectivity index (χ2v) is 6.40. The molecule has 136 valence electrons. The Morgan fingerprint density at radius 1 is 1.15 bits per heavy atom. The van der Waals surface area contributed by atoms with Crippen LogP contribution in [0.25, 0.3) is 10.2 Å². The number of hydrogen-bond donors (Lipinski definition) is 0. The molecule has 26 heavy (non-hydrogen) atoms. The molecule has 1 amide bonds. The highest BCUT2D eigenvalue weighted by molar-refractivity contribution is 7.16. The van der Waals surface area contributed by atoms with E-state index in [0.717, 1.165) is 29.5 Å². The maximum atomic E-state index is 14.3. The van der Waals surface area contributed by atoms with Crippen LogP contribution in [0.2, 0.25) is 0 Å². The number of ether oxygens (including phenoxy) is 1. The van der Waals surface area contributed by atoms with Crippen molar-refractivity contribution in [3.05, 3.63) is 64.2 Å². The first-order valence-corrected chi connectivity index (χ1v) is 8.72. The Labute approximate surface area is 151 Å². The van der Waals surface area contributed by atoms with Gasteiger partial charge in [-0.15, -0.1) is 0 Å². The van der Waals surface area contributed by atoms with Gasteiger partial charge in [-0.25, -0.2) is 13.2 Å². The molecule has 1 heterocycles. The SMILES string of the molecule is CCOCCn1c(=NC(=O)c2ccc(F)cc2)sc2cc(F)cc(F)c21. The summed E-state index contributed by atoms with van der Waals surface area (Å²) >= 11 is 1.00. The Hall–Kier alpha value is -2.45. The van der Waals surface area contributed by atoms with Gasteiger partial charge in [-0.2, -0.15) is 4.99 Å². The van der Waals surface area contributed by atoms with E-state index in [9.17, 15) is 18.0 Å². The molecule has 0 aliphatic rings. The minimum Gasteiger partial charge on any atom is -0.380 e. The minimum atomic E-state index is -0.733. The van der Waals surface area contributed by atoms with Crippen LogP contribution in [0.3, 0.4) is 0 Å². The lowest BCUT2D eigenvalue weighted by molar-refractivity contribution is 0.0996. The Morgan fingerprint density at radius 3 is 2.58 bits per heavy atom. The van der Waals surface area contributed by atoms with Crippen molar-refractivity contribution in [1.29, 1.82) is 0 Å². The quantitative estimate of drug-likeness (QED) is 0.630. The van der Waals surface area contributed by atoms with Crippen LogP contribution >= 0.6 is 11.3 Å². The third-order valence-electron chi connectivity index (χ3n) is 3.65. The van der Waals surface area contributed by atoms with Crippen molar-refractivity contribution in [1.82, 2.24) is 4.57 Å². The molecular weight excluding hydrogens is 365 g/mol. The molecule has 3 aromatic rings. The van der Waals surface area contributed by atoms with Crippen LogP contribution in [0.15, 0.2) is 41.4 Å². The molecular formula is C18H15F3N2O2S. The lowest BCUT2D eigenvalue weighted by Crippen LogP contribution is -2.20. The molecule has 0 spiro atoms. The van der Waals surface area contributed by atoms with Crippen molar-refractivity contribution in [2.24, 2.45) is 4.99 Å². The molecule has 8 heteroatoms. The van der Waals surface area contributed by atoms with Crippen LogP contribution in [0.5, 0.6) is 0 Å². The van der Waals surface area contributed by atoms with E-state index < -0.39 is 23.4 Å². The summed E-state index contributed by atoms with van der Waals surface area (Å²) in [5, 5.41) is 0. The average Bonchev–Trinajstić information content (AvgIpc) is 2.93. The van der Waals surface area contributed by atoms with E-state index in [-0.39, 0.29) is 29.0 Å². The molecule has 3 rings (SSSR count). The van der Waals surface area contributed by atoms with Gasteiger partial charge in [-0.05, 0) is 37.3 Å². The van der Waals surface area contributed by atoms with Gasteiger partial charge in [0.2, 0.25) is 0 Å². The van der Waals surface area contributed by atoms with Crippen molar-refractivity contribution in [2.75, 3.05) is 13.2 Å². The number of benzene rings is 2. The second kappa shape index (κ2) is 7.84. The van der Waals surface area contributed by atoms with Crippen LogP contribution in [0, 0.1) is 17.5 Å². The van der Waals surface area contributed by atoms with Crippen LogP contribution in [0.4, 0.5) is 13.2 Å². The number of carbonyl (C=O) groups excluding carboxylic acids is 1. The van der Waals surface area contributed by atoms with E-state index in [4.69, 9.17) is 4.74 Å². The summed E-state index contributed by atoms with van der Waals surface area (Å²) in [6, 6.07) is 6.94. The molecule has 2 aromatic carbocycles. The summed E-state index contributed by atoms with van der Waals surface area (Å²) in [7, 11) is 0. The Bertz CT molecular complexity index is 1010. The van der Waals surface area contributed by atoms with Gasteiger partial charge in [0.1, 0.15) is 11.6 Å². The average molecular weight is 380 g/mol. The normalized spacial score (nSPS) is 12.1. The van der Waals surface area contributed by atoms with E-state index in [1.54, 1.807) is 0 Å². The number of thiazole rings is 1. The maximum Gasteiger partial charge on any atom is 0.279 e. The predicted molar refractivity (Wildman–Crippen MR) is 92.5 cm³/mol. The van der Waals surface area contributed by atoms with Crippen LogP contribution in [-0.4, -0.2) is 23.7 Å². The number of halogens is 3. The van der Waals surface area contributed by atoms with E-state index in [1.807, 2.05) is 6.92 Å². The zero-order valence-corrected chi connectivity index (χ0v) is 14.7. The van der Waals surface area contributed by atoms with Crippen LogP contribution in [-0.2, 0) is 11.3 Å². The zero-order chi connectivity index (χ0) is 18.7. The largest absolute Gasteiger partial charge is 0.380 e. The first kappa shape index (κ1) is 18.3. The van der Waals surface area contributed by atoms with E-state index in [1.165, 1.54) is 22.8 Å². The fourth-order valence-corrected chi connectivity index (χ4v) is 3.56. The van der Waals surface area contributed by atoms with Crippen molar-refractivity contribution in [3.8, 4) is 0 Å². The van der Waals surface area contributed by atoms with Gasteiger partial charge in [0.25, 0.3) is 5.91 Å². The number of amides is 1. The third-order valence-corrected chi connectivity index (χ3v) is 4.67. The van der Waals surface area contributed by atoms with Crippen molar-refractivity contribution >= 4 is 27.5 Å². The van der Waals surface area contributed by atoms with E-state index in [2.05, 4.69) is 4.99 Å². The zero-order valence-electron chi connectivity index (χ0n) is 13.8. The van der Waals surface area contributed by atoms with E-state index in [0.29, 0.717) is 11.3 Å². The summed E-state index contributed by atoms with van der Waals surface area (Å²) in [5.41, 5.74) is 0.369. The number of carbonyl (C=O) groups is 1. The van der Waals surface area contributed by atoms with Gasteiger partial charge in [-0.1, -0.05) is 11.3 Å². The molecule has 0 fully saturated rings. The summed E-state index contributed by atoms with van der Waals surface area (Å²) < 4.78 is 47.9. The lowest BCUT2D eigenvalue weighted by Gasteiger charge is -2.06. The number of nitrogens with zero attached hydrogens (tertiary/aromatic N) is 2.